The van der Waals surface area contributed by atoms with Gasteiger partial charge in [-0.3, -0.25) is 0 Å². The molecule has 14 heavy (non-hydrogen) atoms. The van der Waals surface area contributed by atoms with E-state index in [-0.39, 0.29) is 5.92 Å². The lowest BCUT2D eigenvalue weighted by Gasteiger charge is -2.04. The van der Waals surface area contributed by atoms with Crippen LogP contribution in [-0.2, 0) is 4.79 Å². The zero-order valence-electron chi connectivity index (χ0n) is 8.27. The first-order valence-electron chi connectivity index (χ1n) is 4.94. The maximum atomic E-state index is 10.4. The molecule has 0 radical (unpaired) electrons. The van der Waals surface area contributed by atoms with Crippen molar-refractivity contribution in [1.82, 2.24) is 0 Å². The van der Waals surface area contributed by atoms with Gasteiger partial charge in [0.05, 0.1) is 6.61 Å². The van der Waals surface area contributed by atoms with Crippen LogP contribution in [0.5, 0.6) is 5.75 Å². The summed E-state index contributed by atoms with van der Waals surface area (Å²) in [7, 11) is 0. The summed E-state index contributed by atoms with van der Waals surface area (Å²) in [6.45, 7) is 2.72. The molecule has 0 bridgehead atoms. The normalized spacial score (nSPS) is 24.4. The zero-order chi connectivity index (χ0) is 9.97. The Morgan fingerprint density at radius 2 is 2.14 bits per heavy atom. The molecule has 2 atom stereocenters. The van der Waals surface area contributed by atoms with E-state index in [9.17, 15) is 4.79 Å². The second kappa shape index (κ2) is 3.82. The number of aryl methyl sites for hydroxylation is 1. The topological polar surface area (TPSA) is 26.3 Å². The van der Waals surface area contributed by atoms with Gasteiger partial charge in [-0.25, -0.2) is 0 Å². The Kier molecular flexibility index (Phi) is 2.53. The molecule has 1 aromatic carbocycles. The van der Waals surface area contributed by atoms with Crippen LogP contribution < -0.4 is 4.74 Å². The van der Waals surface area contributed by atoms with Gasteiger partial charge in [-0.05, 0) is 25.5 Å². The zero-order valence-corrected chi connectivity index (χ0v) is 8.27. The fourth-order valence-electron chi connectivity index (χ4n) is 1.47. The summed E-state index contributed by atoms with van der Waals surface area (Å²) in [6, 6.07) is 7.99. The van der Waals surface area contributed by atoms with E-state index in [1.807, 2.05) is 31.2 Å². The Labute approximate surface area is 83.9 Å². The van der Waals surface area contributed by atoms with Crippen LogP contribution in [0.1, 0.15) is 12.0 Å². The Morgan fingerprint density at radius 1 is 1.43 bits per heavy atom. The van der Waals surface area contributed by atoms with E-state index >= 15 is 0 Å². The van der Waals surface area contributed by atoms with Gasteiger partial charge >= 0.3 is 0 Å². The summed E-state index contributed by atoms with van der Waals surface area (Å²) in [5, 5.41) is 0. The number of rotatable bonds is 4. The van der Waals surface area contributed by atoms with Crippen LogP contribution in [-0.4, -0.2) is 12.9 Å². The van der Waals surface area contributed by atoms with Crippen molar-refractivity contribution in [3.63, 3.8) is 0 Å². The lowest BCUT2D eigenvalue weighted by molar-refractivity contribution is -0.109. The molecule has 74 valence electrons. The highest BCUT2D eigenvalue weighted by molar-refractivity contribution is 5.58. The number of hydrogen-bond donors (Lipinski definition) is 0. The third-order valence-electron chi connectivity index (χ3n) is 2.64. The number of carbonyl (C=O) groups excluding carboxylic acids is 1. The number of carbonyl (C=O) groups is 1. The SMILES string of the molecule is Cc1ccc(OCC2CC2C=O)cc1. The van der Waals surface area contributed by atoms with Gasteiger partial charge in [0.2, 0.25) is 0 Å². The van der Waals surface area contributed by atoms with Crippen LogP contribution in [0.15, 0.2) is 24.3 Å². The molecule has 2 rings (SSSR count). The molecule has 1 fully saturated rings. The molecular weight excluding hydrogens is 176 g/mol. The average Bonchev–Trinajstić information content (AvgIpc) is 2.96. The molecule has 0 aromatic heterocycles. The first kappa shape index (κ1) is 9.25. The van der Waals surface area contributed by atoms with Gasteiger partial charge in [0, 0.05) is 11.8 Å². The van der Waals surface area contributed by atoms with Crippen LogP contribution in [0.3, 0.4) is 0 Å². The lowest BCUT2D eigenvalue weighted by Crippen LogP contribution is -2.01. The van der Waals surface area contributed by atoms with E-state index in [0.717, 1.165) is 18.5 Å². The largest absolute Gasteiger partial charge is 0.493 e. The molecule has 1 saturated carbocycles. The van der Waals surface area contributed by atoms with Crippen LogP contribution >= 0.6 is 0 Å². The van der Waals surface area contributed by atoms with Crippen molar-refractivity contribution in [2.45, 2.75) is 13.3 Å². The Balaban J connectivity index is 1.81. The van der Waals surface area contributed by atoms with E-state index in [4.69, 9.17) is 4.74 Å². The molecule has 0 spiro atoms. The summed E-state index contributed by atoms with van der Waals surface area (Å²) in [4.78, 5) is 10.4. The minimum atomic E-state index is 0.250. The van der Waals surface area contributed by atoms with Crippen LogP contribution in [0.4, 0.5) is 0 Å². The number of ether oxygens (including phenoxy) is 1. The smallest absolute Gasteiger partial charge is 0.123 e. The second-order valence-corrected chi connectivity index (χ2v) is 3.92. The van der Waals surface area contributed by atoms with Gasteiger partial charge in [0.15, 0.2) is 0 Å². The molecule has 0 aliphatic heterocycles. The lowest BCUT2D eigenvalue weighted by atomic mass is 10.2. The van der Waals surface area contributed by atoms with Gasteiger partial charge in [-0.1, -0.05) is 17.7 Å². The summed E-state index contributed by atoms with van der Waals surface area (Å²) >= 11 is 0. The number of hydrogen-bond acceptors (Lipinski definition) is 2. The molecule has 1 aromatic rings. The van der Waals surface area contributed by atoms with Crippen molar-refractivity contribution in [3.05, 3.63) is 29.8 Å². The fourth-order valence-corrected chi connectivity index (χ4v) is 1.47. The molecule has 1 aliphatic carbocycles. The average molecular weight is 190 g/mol. The van der Waals surface area contributed by atoms with Gasteiger partial charge in [-0.15, -0.1) is 0 Å². The maximum Gasteiger partial charge on any atom is 0.123 e. The third-order valence-corrected chi connectivity index (χ3v) is 2.64. The van der Waals surface area contributed by atoms with Crippen molar-refractivity contribution >= 4 is 6.29 Å². The molecule has 2 heteroatoms. The molecular formula is C12H14O2. The molecule has 2 nitrogen and oxygen atoms in total. The molecule has 0 amide bonds. The predicted molar refractivity (Wildman–Crippen MR) is 54.3 cm³/mol. The molecule has 0 heterocycles. The van der Waals surface area contributed by atoms with Crippen LogP contribution in [0, 0.1) is 18.8 Å². The van der Waals surface area contributed by atoms with Crippen LogP contribution in [0.2, 0.25) is 0 Å². The quantitative estimate of drug-likeness (QED) is 0.680. The predicted octanol–water partition coefficient (Wildman–Crippen LogP) is 2.21. The van der Waals surface area contributed by atoms with Crippen molar-refractivity contribution in [3.8, 4) is 5.75 Å². The van der Waals surface area contributed by atoms with Crippen LogP contribution in [0.25, 0.3) is 0 Å². The van der Waals surface area contributed by atoms with E-state index in [1.165, 1.54) is 5.56 Å². The summed E-state index contributed by atoms with van der Waals surface area (Å²) in [5.74, 6) is 1.60. The molecule has 2 unspecified atom stereocenters. The molecule has 0 saturated heterocycles. The maximum absolute atomic E-state index is 10.4. The van der Waals surface area contributed by atoms with Crippen molar-refractivity contribution in [2.75, 3.05) is 6.61 Å². The fraction of sp³-hybridized carbons (Fsp3) is 0.417. The van der Waals surface area contributed by atoms with Gasteiger partial charge in [-0.2, -0.15) is 0 Å². The third kappa shape index (κ3) is 2.13. The Hall–Kier alpha value is -1.31. The van der Waals surface area contributed by atoms with Gasteiger partial charge < -0.3 is 9.53 Å². The summed E-state index contributed by atoms with van der Waals surface area (Å²) < 4.78 is 5.56. The highest BCUT2D eigenvalue weighted by Gasteiger charge is 2.37. The van der Waals surface area contributed by atoms with E-state index in [1.54, 1.807) is 0 Å². The monoisotopic (exact) mass is 190 g/mol. The summed E-state index contributed by atoms with van der Waals surface area (Å²) in [5.41, 5.74) is 1.23. The van der Waals surface area contributed by atoms with Gasteiger partial charge in [0.25, 0.3) is 0 Å². The Bertz CT molecular complexity index is 316. The molecule has 1 aliphatic rings. The second-order valence-electron chi connectivity index (χ2n) is 3.92. The minimum Gasteiger partial charge on any atom is -0.493 e. The van der Waals surface area contributed by atoms with E-state index < -0.39 is 0 Å². The highest BCUT2D eigenvalue weighted by Crippen LogP contribution is 2.36. The first-order chi connectivity index (χ1) is 6.79. The van der Waals surface area contributed by atoms with Crippen molar-refractivity contribution in [1.29, 1.82) is 0 Å². The van der Waals surface area contributed by atoms with Crippen molar-refractivity contribution < 1.29 is 9.53 Å². The van der Waals surface area contributed by atoms with E-state index in [2.05, 4.69) is 0 Å². The van der Waals surface area contributed by atoms with Crippen molar-refractivity contribution in [2.24, 2.45) is 11.8 Å². The van der Waals surface area contributed by atoms with E-state index in [0.29, 0.717) is 12.5 Å². The standard InChI is InChI=1S/C12H14O2/c1-9-2-4-12(5-3-9)14-8-11-6-10(11)7-13/h2-5,7,10-11H,6,8H2,1H3. The number of benzene rings is 1. The Morgan fingerprint density at radius 3 is 2.71 bits per heavy atom. The number of aldehydes is 1. The molecule has 0 N–H and O–H groups in total. The van der Waals surface area contributed by atoms with Gasteiger partial charge in [0.1, 0.15) is 12.0 Å². The summed E-state index contributed by atoms with van der Waals surface area (Å²) in [6.07, 6.45) is 2.03. The highest BCUT2D eigenvalue weighted by atomic mass is 16.5. The minimum absolute atomic E-state index is 0.250. The first-order valence-corrected chi connectivity index (χ1v) is 4.94.